The predicted octanol–water partition coefficient (Wildman–Crippen LogP) is 2.50. The van der Waals surface area contributed by atoms with Crippen molar-refractivity contribution in [3.63, 3.8) is 0 Å². The van der Waals surface area contributed by atoms with Crippen molar-refractivity contribution < 1.29 is 8.42 Å². The normalized spacial score (nSPS) is 16.4. The molecule has 2 N–H and O–H groups in total. The van der Waals surface area contributed by atoms with Crippen LogP contribution >= 0.6 is 0 Å². The minimum Gasteiger partial charge on any atom is -0.379 e. The molecule has 1 aliphatic heterocycles. The summed E-state index contributed by atoms with van der Waals surface area (Å²) in [5.41, 5.74) is 2.80. The zero-order valence-corrected chi connectivity index (χ0v) is 14.1. The minimum atomic E-state index is -3.40. The number of aromatic nitrogens is 2. The van der Waals surface area contributed by atoms with Gasteiger partial charge < -0.3 is 5.32 Å². The van der Waals surface area contributed by atoms with Gasteiger partial charge in [0.05, 0.1) is 17.1 Å². The van der Waals surface area contributed by atoms with Crippen LogP contribution in [-0.4, -0.2) is 36.0 Å². The van der Waals surface area contributed by atoms with Crippen LogP contribution < -0.4 is 5.32 Å². The van der Waals surface area contributed by atoms with E-state index in [9.17, 15) is 8.42 Å². The molecule has 3 rings (SSSR count). The Labute approximate surface area is 137 Å². The number of aromatic amines is 1. The molecule has 0 aliphatic carbocycles. The highest BCUT2D eigenvalue weighted by Gasteiger charge is 2.26. The molecular weight excluding hydrogens is 312 g/mol. The molecule has 1 saturated heterocycles. The summed E-state index contributed by atoms with van der Waals surface area (Å²) in [6, 6.07) is 7.17. The first kappa shape index (κ1) is 16.0. The number of benzene rings is 1. The molecule has 0 atom stereocenters. The summed E-state index contributed by atoms with van der Waals surface area (Å²) in [5, 5.41) is 10.1. The predicted molar refractivity (Wildman–Crippen MR) is 89.7 cm³/mol. The van der Waals surface area contributed by atoms with Crippen molar-refractivity contribution in [3.8, 4) is 0 Å². The fraction of sp³-hybridized carbons (Fsp3) is 0.438. The number of rotatable bonds is 5. The standard InChI is InChI=1S/C16H22N4O2S/c1-13-5-6-15(23(21,22)20-9-3-2-4-10-20)11-16(13)17-12-14-7-8-18-19-14/h5-8,11,17H,2-4,9-10,12H2,1H3,(H,18,19). The molecule has 0 unspecified atom stereocenters. The van der Waals surface area contributed by atoms with Crippen LogP contribution in [0.5, 0.6) is 0 Å². The summed E-state index contributed by atoms with van der Waals surface area (Å²) in [6.07, 6.45) is 4.68. The van der Waals surface area contributed by atoms with Crippen molar-refractivity contribution in [1.29, 1.82) is 0 Å². The molecule has 2 heterocycles. The van der Waals surface area contributed by atoms with Crippen molar-refractivity contribution in [2.24, 2.45) is 0 Å². The number of nitrogens with zero attached hydrogens (tertiary/aromatic N) is 2. The highest BCUT2D eigenvalue weighted by Crippen LogP contribution is 2.25. The smallest absolute Gasteiger partial charge is 0.243 e. The molecule has 23 heavy (non-hydrogen) atoms. The van der Waals surface area contributed by atoms with Crippen LogP contribution in [0.2, 0.25) is 0 Å². The molecule has 0 bridgehead atoms. The van der Waals surface area contributed by atoms with Crippen LogP contribution in [0.1, 0.15) is 30.5 Å². The van der Waals surface area contributed by atoms with E-state index in [2.05, 4.69) is 15.5 Å². The number of nitrogens with one attached hydrogen (secondary N) is 2. The number of hydrogen-bond donors (Lipinski definition) is 2. The molecule has 2 aromatic rings. The lowest BCUT2D eigenvalue weighted by atomic mass is 10.2. The van der Waals surface area contributed by atoms with Crippen molar-refractivity contribution in [2.75, 3.05) is 18.4 Å². The van der Waals surface area contributed by atoms with E-state index in [1.807, 2.05) is 19.1 Å². The van der Waals surface area contributed by atoms with Crippen molar-refractivity contribution >= 4 is 15.7 Å². The molecule has 1 aromatic heterocycles. The first-order chi connectivity index (χ1) is 11.1. The van der Waals surface area contributed by atoms with Gasteiger partial charge in [-0.15, -0.1) is 0 Å². The third-order valence-corrected chi connectivity index (χ3v) is 6.08. The summed E-state index contributed by atoms with van der Waals surface area (Å²) in [5.74, 6) is 0. The minimum absolute atomic E-state index is 0.358. The van der Waals surface area contributed by atoms with E-state index in [1.165, 1.54) is 0 Å². The maximum Gasteiger partial charge on any atom is 0.243 e. The number of piperidine rings is 1. The van der Waals surface area contributed by atoms with E-state index in [0.29, 0.717) is 24.5 Å². The second-order valence-electron chi connectivity index (χ2n) is 5.88. The van der Waals surface area contributed by atoms with E-state index in [1.54, 1.807) is 22.6 Å². The topological polar surface area (TPSA) is 78.1 Å². The third-order valence-electron chi connectivity index (χ3n) is 4.19. The summed E-state index contributed by atoms with van der Waals surface area (Å²) in [4.78, 5) is 0.358. The molecule has 6 nitrogen and oxygen atoms in total. The zero-order chi connectivity index (χ0) is 16.3. The quantitative estimate of drug-likeness (QED) is 0.881. The number of aryl methyl sites for hydroxylation is 1. The largest absolute Gasteiger partial charge is 0.379 e. The lowest BCUT2D eigenvalue weighted by Gasteiger charge is -2.26. The maximum atomic E-state index is 12.8. The average Bonchev–Trinajstić information content (AvgIpc) is 3.08. The Morgan fingerprint density at radius 2 is 2.00 bits per heavy atom. The summed E-state index contributed by atoms with van der Waals surface area (Å²) < 4.78 is 27.1. The Balaban J connectivity index is 1.81. The highest BCUT2D eigenvalue weighted by molar-refractivity contribution is 7.89. The van der Waals surface area contributed by atoms with Gasteiger partial charge >= 0.3 is 0 Å². The SMILES string of the molecule is Cc1ccc(S(=O)(=O)N2CCCCC2)cc1NCc1ccn[nH]1. The van der Waals surface area contributed by atoms with Gasteiger partial charge in [-0.1, -0.05) is 12.5 Å². The van der Waals surface area contributed by atoms with Crippen LogP contribution in [0.3, 0.4) is 0 Å². The fourth-order valence-corrected chi connectivity index (χ4v) is 4.32. The van der Waals surface area contributed by atoms with Gasteiger partial charge in [-0.05, 0) is 43.5 Å². The van der Waals surface area contributed by atoms with Gasteiger partial charge in [0.15, 0.2) is 0 Å². The molecule has 7 heteroatoms. The second-order valence-corrected chi connectivity index (χ2v) is 7.81. The molecule has 1 fully saturated rings. The van der Waals surface area contributed by atoms with Crippen LogP contribution in [0.15, 0.2) is 35.4 Å². The Morgan fingerprint density at radius 3 is 2.70 bits per heavy atom. The lowest BCUT2D eigenvalue weighted by Crippen LogP contribution is -2.35. The lowest BCUT2D eigenvalue weighted by molar-refractivity contribution is 0.346. The number of sulfonamides is 1. The van der Waals surface area contributed by atoms with Gasteiger partial charge in [0, 0.05) is 25.0 Å². The van der Waals surface area contributed by atoms with Crippen molar-refractivity contribution in [3.05, 3.63) is 41.7 Å². The van der Waals surface area contributed by atoms with E-state index in [4.69, 9.17) is 0 Å². The van der Waals surface area contributed by atoms with Gasteiger partial charge in [0.2, 0.25) is 10.0 Å². The molecule has 0 amide bonds. The number of H-pyrrole nitrogens is 1. The van der Waals surface area contributed by atoms with Gasteiger partial charge in [0.1, 0.15) is 0 Å². The third kappa shape index (κ3) is 3.56. The second kappa shape index (κ2) is 6.72. The Bertz CT molecular complexity index is 750. The summed E-state index contributed by atoms with van der Waals surface area (Å²) >= 11 is 0. The summed E-state index contributed by atoms with van der Waals surface area (Å²) in [6.45, 7) is 3.78. The Morgan fingerprint density at radius 1 is 1.22 bits per heavy atom. The van der Waals surface area contributed by atoms with E-state index in [-0.39, 0.29) is 0 Å². The van der Waals surface area contributed by atoms with Gasteiger partial charge in [-0.2, -0.15) is 9.40 Å². The van der Waals surface area contributed by atoms with Crippen LogP contribution in [0.4, 0.5) is 5.69 Å². The van der Waals surface area contributed by atoms with E-state index in [0.717, 1.165) is 36.2 Å². The van der Waals surface area contributed by atoms with Crippen molar-refractivity contribution in [2.45, 2.75) is 37.6 Å². The number of anilines is 1. The maximum absolute atomic E-state index is 12.8. The van der Waals surface area contributed by atoms with E-state index >= 15 is 0 Å². The van der Waals surface area contributed by atoms with E-state index < -0.39 is 10.0 Å². The highest BCUT2D eigenvalue weighted by atomic mass is 32.2. The monoisotopic (exact) mass is 334 g/mol. The Hall–Kier alpha value is -1.86. The zero-order valence-electron chi connectivity index (χ0n) is 13.2. The number of hydrogen-bond acceptors (Lipinski definition) is 4. The molecule has 1 aliphatic rings. The first-order valence-corrected chi connectivity index (χ1v) is 9.34. The Kier molecular flexibility index (Phi) is 4.68. The van der Waals surface area contributed by atoms with Crippen molar-refractivity contribution in [1.82, 2.24) is 14.5 Å². The van der Waals surface area contributed by atoms with Crippen LogP contribution in [0, 0.1) is 6.92 Å². The molecule has 0 spiro atoms. The molecular formula is C16H22N4O2S. The fourth-order valence-electron chi connectivity index (χ4n) is 2.78. The van der Waals surface area contributed by atoms with Crippen LogP contribution in [0.25, 0.3) is 0 Å². The van der Waals surface area contributed by atoms with Gasteiger partial charge in [-0.25, -0.2) is 8.42 Å². The molecule has 1 aromatic carbocycles. The van der Waals surface area contributed by atoms with Gasteiger partial charge in [-0.3, -0.25) is 5.10 Å². The molecule has 124 valence electrons. The summed E-state index contributed by atoms with van der Waals surface area (Å²) in [7, 11) is -3.40. The molecule has 0 saturated carbocycles. The van der Waals surface area contributed by atoms with Gasteiger partial charge in [0.25, 0.3) is 0 Å². The average molecular weight is 334 g/mol. The molecule has 0 radical (unpaired) electrons. The first-order valence-electron chi connectivity index (χ1n) is 7.90. The van der Waals surface area contributed by atoms with Crippen LogP contribution in [-0.2, 0) is 16.6 Å².